The van der Waals surface area contributed by atoms with Gasteiger partial charge in [0.2, 0.25) is 11.7 Å². The molecule has 6 nitrogen and oxygen atoms in total. The number of aromatic nitrogens is 4. The average Bonchev–Trinajstić information content (AvgIpc) is 3.32. The van der Waals surface area contributed by atoms with Crippen LogP contribution < -0.4 is 5.32 Å². The fourth-order valence-electron chi connectivity index (χ4n) is 2.37. The topological polar surface area (TPSA) is 76.7 Å². The van der Waals surface area contributed by atoms with Gasteiger partial charge in [-0.15, -0.1) is 11.3 Å². The molecule has 4 aromatic rings. The van der Waals surface area contributed by atoms with Crippen molar-refractivity contribution >= 4 is 39.8 Å². The van der Waals surface area contributed by atoms with Crippen molar-refractivity contribution in [1.29, 1.82) is 0 Å². The third kappa shape index (κ3) is 3.49. The number of benzene rings is 1. The number of thiophene rings is 1. The predicted molar refractivity (Wildman–Crippen MR) is 101 cm³/mol. The van der Waals surface area contributed by atoms with Crippen molar-refractivity contribution in [2.45, 2.75) is 17.8 Å². The maximum atomic E-state index is 5.33. The zero-order chi connectivity index (χ0) is 17.1. The molecular weight excluding hydrogens is 354 g/mol. The van der Waals surface area contributed by atoms with E-state index in [0.717, 1.165) is 28.1 Å². The van der Waals surface area contributed by atoms with E-state index in [9.17, 15) is 0 Å². The summed E-state index contributed by atoms with van der Waals surface area (Å²) in [6.07, 6.45) is 0. The minimum Gasteiger partial charge on any atom is -0.370 e. The molecule has 126 valence electrons. The van der Waals surface area contributed by atoms with Gasteiger partial charge in [-0.05, 0) is 30.5 Å². The van der Waals surface area contributed by atoms with Crippen molar-refractivity contribution in [3.8, 4) is 10.7 Å². The second kappa shape index (κ2) is 7.20. The predicted octanol–water partition coefficient (Wildman–Crippen LogP) is 4.47. The van der Waals surface area contributed by atoms with E-state index in [2.05, 4.69) is 25.4 Å². The molecule has 0 bridgehead atoms. The molecule has 1 N–H and O–H groups in total. The third-order valence-electron chi connectivity index (χ3n) is 3.46. The molecule has 3 heterocycles. The minimum absolute atomic E-state index is 0.530. The summed E-state index contributed by atoms with van der Waals surface area (Å²) in [6.45, 7) is 2.85. The molecule has 0 unspecified atom stereocenters. The molecule has 25 heavy (non-hydrogen) atoms. The number of hydrogen-bond acceptors (Lipinski definition) is 8. The molecule has 0 aliphatic rings. The lowest BCUT2D eigenvalue weighted by Gasteiger charge is -2.08. The first kappa shape index (κ1) is 16.0. The van der Waals surface area contributed by atoms with Crippen LogP contribution in [0.15, 0.2) is 51.5 Å². The highest BCUT2D eigenvalue weighted by molar-refractivity contribution is 7.98. The summed E-state index contributed by atoms with van der Waals surface area (Å²) in [5.74, 6) is 2.57. The van der Waals surface area contributed by atoms with E-state index in [1.54, 1.807) is 11.3 Å². The smallest absolute Gasteiger partial charge is 0.237 e. The molecule has 4 rings (SSSR count). The highest BCUT2D eigenvalue weighted by Crippen LogP contribution is 2.27. The van der Waals surface area contributed by atoms with Crippen LogP contribution in [-0.4, -0.2) is 26.7 Å². The van der Waals surface area contributed by atoms with Gasteiger partial charge in [-0.25, -0.2) is 9.97 Å². The largest absolute Gasteiger partial charge is 0.370 e. The number of fused-ring (bicyclic) bond motifs is 1. The van der Waals surface area contributed by atoms with Gasteiger partial charge < -0.3 is 9.84 Å². The Balaban J connectivity index is 1.54. The first-order valence-electron chi connectivity index (χ1n) is 7.83. The van der Waals surface area contributed by atoms with Crippen LogP contribution in [0.3, 0.4) is 0 Å². The first-order chi connectivity index (χ1) is 12.3. The molecule has 0 radical (unpaired) electrons. The van der Waals surface area contributed by atoms with Gasteiger partial charge in [0.25, 0.3) is 0 Å². The maximum absolute atomic E-state index is 5.33. The fourth-order valence-corrected chi connectivity index (χ4v) is 3.71. The Labute approximate surface area is 152 Å². The second-order valence-corrected chi connectivity index (χ2v) is 7.07. The number of nitrogens with zero attached hydrogens (tertiary/aromatic N) is 4. The highest BCUT2D eigenvalue weighted by Gasteiger charge is 2.12. The lowest BCUT2D eigenvalue weighted by molar-refractivity contribution is 0.391. The van der Waals surface area contributed by atoms with Gasteiger partial charge in [0.15, 0.2) is 5.16 Å². The Morgan fingerprint density at radius 3 is 2.88 bits per heavy atom. The van der Waals surface area contributed by atoms with E-state index in [0.29, 0.717) is 22.6 Å². The summed E-state index contributed by atoms with van der Waals surface area (Å²) in [5, 5.41) is 11.0. The van der Waals surface area contributed by atoms with Crippen LogP contribution in [0.4, 0.5) is 5.82 Å². The van der Waals surface area contributed by atoms with E-state index in [1.807, 2.05) is 48.7 Å². The molecule has 1 aromatic carbocycles. The van der Waals surface area contributed by atoms with Gasteiger partial charge in [0.1, 0.15) is 5.82 Å². The van der Waals surface area contributed by atoms with E-state index in [1.165, 1.54) is 11.8 Å². The van der Waals surface area contributed by atoms with Crippen molar-refractivity contribution in [3.63, 3.8) is 0 Å². The van der Waals surface area contributed by atoms with Crippen molar-refractivity contribution in [1.82, 2.24) is 20.1 Å². The maximum Gasteiger partial charge on any atom is 0.237 e. The molecule has 0 atom stereocenters. The molecular formula is C17H15N5OS2. The lowest BCUT2D eigenvalue weighted by atomic mass is 10.2. The normalized spacial score (nSPS) is 11.1. The van der Waals surface area contributed by atoms with Crippen LogP contribution >= 0.6 is 23.1 Å². The molecule has 0 fully saturated rings. The van der Waals surface area contributed by atoms with Crippen LogP contribution in [0.2, 0.25) is 0 Å². The Bertz CT molecular complexity index is 984. The molecule has 0 saturated carbocycles. The highest BCUT2D eigenvalue weighted by atomic mass is 32.2. The van der Waals surface area contributed by atoms with Gasteiger partial charge >= 0.3 is 0 Å². The summed E-state index contributed by atoms with van der Waals surface area (Å²) in [5.41, 5.74) is 0.917. The Hall–Kier alpha value is -2.45. The lowest BCUT2D eigenvalue weighted by Crippen LogP contribution is -2.02. The van der Waals surface area contributed by atoms with Crippen LogP contribution in [0, 0.1) is 0 Å². The molecule has 0 amide bonds. The molecule has 3 aromatic heterocycles. The number of anilines is 1. The van der Waals surface area contributed by atoms with Crippen molar-refractivity contribution < 1.29 is 4.52 Å². The van der Waals surface area contributed by atoms with Gasteiger partial charge in [-0.2, -0.15) is 4.98 Å². The summed E-state index contributed by atoms with van der Waals surface area (Å²) < 4.78 is 5.33. The standard InChI is InChI=1S/C17H15N5OS2/c1-2-18-15-11-6-3-4-7-12(11)19-17(21-15)25-10-14-20-16(22-23-14)13-8-5-9-24-13/h3-9H,2,10H2,1H3,(H,18,19,21). The number of nitrogens with one attached hydrogen (secondary N) is 1. The number of hydrogen-bond donors (Lipinski definition) is 1. The minimum atomic E-state index is 0.530. The zero-order valence-corrected chi connectivity index (χ0v) is 15.1. The van der Waals surface area contributed by atoms with Crippen LogP contribution in [-0.2, 0) is 5.75 Å². The van der Waals surface area contributed by atoms with E-state index < -0.39 is 0 Å². The van der Waals surface area contributed by atoms with E-state index >= 15 is 0 Å². The van der Waals surface area contributed by atoms with Gasteiger partial charge in [-0.1, -0.05) is 35.1 Å². The van der Waals surface area contributed by atoms with E-state index in [-0.39, 0.29) is 0 Å². The fraction of sp³-hybridized carbons (Fsp3) is 0.176. The Kier molecular flexibility index (Phi) is 4.62. The summed E-state index contributed by atoms with van der Waals surface area (Å²) >= 11 is 3.07. The first-order valence-corrected chi connectivity index (χ1v) is 9.70. The number of para-hydroxylation sites is 1. The molecule has 0 aliphatic carbocycles. The number of rotatable bonds is 6. The third-order valence-corrected chi connectivity index (χ3v) is 5.16. The van der Waals surface area contributed by atoms with Crippen LogP contribution in [0.5, 0.6) is 0 Å². The second-order valence-electron chi connectivity index (χ2n) is 5.18. The van der Waals surface area contributed by atoms with Crippen LogP contribution in [0.25, 0.3) is 21.6 Å². The molecule has 0 saturated heterocycles. The van der Waals surface area contributed by atoms with Crippen molar-refractivity contribution in [2.24, 2.45) is 0 Å². The van der Waals surface area contributed by atoms with Gasteiger partial charge in [0, 0.05) is 11.9 Å². The zero-order valence-electron chi connectivity index (χ0n) is 13.5. The van der Waals surface area contributed by atoms with Crippen molar-refractivity contribution in [2.75, 3.05) is 11.9 Å². The molecule has 0 spiro atoms. The quantitative estimate of drug-likeness (QED) is 0.397. The molecule has 8 heteroatoms. The van der Waals surface area contributed by atoms with Crippen molar-refractivity contribution in [3.05, 3.63) is 47.7 Å². The van der Waals surface area contributed by atoms with Crippen LogP contribution in [0.1, 0.15) is 12.8 Å². The average molecular weight is 369 g/mol. The SMILES string of the molecule is CCNc1nc(SCc2nc(-c3cccs3)no2)nc2ccccc12. The van der Waals surface area contributed by atoms with Gasteiger partial charge in [-0.3, -0.25) is 0 Å². The monoisotopic (exact) mass is 369 g/mol. The summed E-state index contributed by atoms with van der Waals surface area (Å²) in [4.78, 5) is 14.7. The summed E-state index contributed by atoms with van der Waals surface area (Å²) in [7, 11) is 0. The Morgan fingerprint density at radius 1 is 1.12 bits per heavy atom. The van der Waals surface area contributed by atoms with Gasteiger partial charge in [0.05, 0.1) is 16.1 Å². The molecule has 0 aliphatic heterocycles. The Morgan fingerprint density at radius 2 is 2.04 bits per heavy atom. The number of thioether (sulfide) groups is 1. The summed E-state index contributed by atoms with van der Waals surface area (Å²) in [6, 6.07) is 11.9. The van der Waals surface area contributed by atoms with E-state index in [4.69, 9.17) is 4.52 Å².